The average molecular weight is 489 g/mol. The minimum atomic E-state index is -0.434. The molecule has 2 heterocycles. The first-order chi connectivity index (χ1) is 17.0. The number of amides is 1. The maximum atomic E-state index is 14.1. The summed E-state index contributed by atoms with van der Waals surface area (Å²) in [6.45, 7) is 1.91. The Morgan fingerprint density at radius 3 is 2.20 bits per heavy atom. The van der Waals surface area contributed by atoms with Gasteiger partial charge in [0.2, 0.25) is 5.91 Å². The Kier molecular flexibility index (Phi) is 6.79. The number of rotatable bonds is 5. The second kappa shape index (κ2) is 10.1. The minimum Gasteiger partial charge on any atom is -0.349 e. The monoisotopic (exact) mass is 488 g/mol. The van der Waals surface area contributed by atoms with Crippen LogP contribution in [0.2, 0.25) is 0 Å². The molecule has 0 aromatic heterocycles. The molecule has 0 aliphatic carbocycles. The van der Waals surface area contributed by atoms with Gasteiger partial charge < -0.3 is 15.1 Å². The van der Waals surface area contributed by atoms with E-state index in [9.17, 15) is 9.18 Å². The molecule has 0 bridgehead atoms. The van der Waals surface area contributed by atoms with Gasteiger partial charge in [0.25, 0.3) is 0 Å². The van der Waals surface area contributed by atoms with Crippen LogP contribution in [0.15, 0.2) is 84.9 Å². The van der Waals surface area contributed by atoms with Gasteiger partial charge >= 0.3 is 0 Å². The molecule has 0 radical (unpaired) electrons. The van der Waals surface area contributed by atoms with Crippen LogP contribution >= 0.6 is 12.2 Å². The molecule has 2 N–H and O–H groups in total. The first kappa shape index (κ1) is 23.5. The van der Waals surface area contributed by atoms with E-state index in [1.807, 2.05) is 41.3 Å². The summed E-state index contributed by atoms with van der Waals surface area (Å²) >= 11 is 5.59. The van der Waals surface area contributed by atoms with Gasteiger partial charge in [-0.15, -0.1) is 0 Å². The summed E-state index contributed by atoms with van der Waals surface area (Å²) in [6, 6.07) is 26.5. The molecule has 35 heavy (non-hydrogen) atoms. The lowest BCUT2D eigenvalue weighted by molar-refractivity contribution is -0.134. The number of nitrogens with zero attached hydrogens (tertiary/aromatic N) is 2. The standard InChI is InChI=1S/C28H29FN4OS/c29-23-13-7-8-14-24(23)30-27(35)32-17-15-28(16-18-32)31-25(19-21-9-3-1-4-10-21)26(34)33(28)20-22-11-5-2-6-12-22/h1-14,25,31H,15-20H2,(H,30,35)/t25-/m0/s1. The molecule has 1 spiro atoms. The van der Waals surface area contributed by atoms with Crippen molar-refractivity contribution in [3.05, 3.63) is 102 Å². The minimum absolute atomic E-state index is 0.137. The van der Waals surface area contributed by atoms with Crippen LogP contribution < -0.4 is 10.6 Å². The summed E-state index contributed by atoms with van der Waals surface area (Å²) < 4.78 is 14.1. The molecule has 7 heteroatoms. The van der Waals surface area contributed by atoms with Crippen molar-refractivity contribution in [3.63, 3.8) is 0 Å². The highest BCUT2D eigenvalue weighted by Crippen LogP contribution is 2.35. The van der Waals surface area contributed by atoms with E-state index in [4.69, 9.17) is 12.2 Å². The van der Waals surface area contributed by atoms with Gasteiger partial charge in [0.1, 0.15) is 5.82 Å². The van der Waals surface area contributed by atoms with Crippen LogP contribution in [0.4, 0.5) is 10.1 Å². The zero-order valence-electron chi connectivity index (χ0n) is 19.5. The second-order valence-corrected chi connectivity index (χ2v) is 9.61. The lowest BCUT2D eigenvalue weighted by Gasteiger charge is -2.45. The first-order valence-corrected chi connectivity index (χ1v) is 12.4. The van der Waals surface area contributed by atoms with Crippen LogP contribution in [0.1, 0.15) is 24.0 Å². The van der Waals surface area contributed by atoms with Gasteiger partial charge in [-0.3, -0.25) is 10.1 Å². The number of hydrogen-bond acceptors (Lipinski definition) is 3. The molecular weight excluding hydrogens is 459 g/mol. The fourth-order valence-electron chi connectivity index (χ4n) is 5.10. The van der Waals surface area contributed by atoms with Gasteiger partial charge in [-0.25, -0.2) is 4.39 Å². The summed E-state index contributed by atoms with van der Waals surface area (Å²) in [4.78, 5) is 17.7. The number of carbonyl (C=O) groups excluding carboxylic acids is 1. The summed E-state index contributed by atoms with van der Waals surface area (Å²) in [5.74, 6) is -0.192. The zero-order valence-corrected chi connectivity index (χ0v) is 20.3. The summed E-state index contributed by atoms with van der Waals surface area (Å²) in [7, 11) is 0. The molecule has 5 rings (SSSR count). The predicted molar refractivity (Wildman–Crippen MR) is 140 cm³/mol. The Balaban J connectivity index is 1.32. The predicted octanol–water partition coefficient (Wildman–Crippen LogP) is 4.56. The highest BCUT2D eigenvalue weighted by molar-refractivity contribution is 7.80. The van der Waals surface area contributed by atoms with E-state index in [0.717, 1.165) is 24.0 Å². The molecule has 2 fully saturated rings. The maximum Gasteiger partial charge on any atom is 0.241 e. The SMILES string of the molecule is O=C1[C@H](Cc2ccccc2)NC2(CCN(C(=S)Nc3ccccc3F)CC2)N1Cc1ccccc1. The van der Waals surface area contributed by atoms with E-state index in [0.29, 0.717) is 36.9 Å². The van der Waals surface area contributed by atoms with Crippen molar-refractivity contribution in [1.29, 1.82) is 0 Å². The summed E-state index contributed by atoms with van der Waals surface area (Å²) in [5, 5.41) is 7.27. The summed E-state index contributed by atoms with van der Waals surface area (Å²) in [6.07, 6.45) is 2.12. The molecule has 5 nitrogen and oxygen atoms in total. The van der Waals surface area contributed by atoms with Crippen molar-refractivity contribution in [3.8, 4) is 0 Å². The molecule has 1 atom stereocenters. The van der Waals surface area contributed by atoms with Crippen molar-refractivity contribution in [1.82, 2.24) is 15.1 Å². The molecule has 2 saturated heterocycles. The second-order valence-electron chi connectivity index (χ2n) is 9.23. The normalized spacial score (nSPS) is 19.2. The third-order valence-corrected chi connectivity index (χ3v) is 7.34. The Morgan fingerprint density at radius 2 is 1.54 bits per heavy atom. The number of benzene rings is 3. The van der Waals surface area contributed by atoms with Gasteiger partial charge in [0, 0.05) is 32.5 Å². The van der Waals surface area contributed by atoms with Crippen LogP contribution in [-0.4, -0.2) is 45.6 Å². The number of likely N-dealkylation sites (tertiary alicyclic amines) is 1. The molecular formula is C28H29FN4OS. The Labute approximate surface area is 210 Å². The molecule has 0 saturated carbocycles. The Morgan fingerprint density at radius 1 is 0.943 bits per heavy atom. The Bertz CT molecular complexity index is 1180. The topological polar surface area (TPSA) is 47.6 Å². The molecule has 3 aromatic carbocycles. The lowest BCUT2D eigenvalue weighted by Crippen LogP contribution is -2.59. The first-order valence-electron chi connectivity index (χ1n) is 12.0. The number of thiocarbonyl (C=S) groups is 1. The van der Waals surface area contributed by atoms with Crippen molar-refractivity contribution >= 4 is 28.9 Å². The number of hydrogen-bond donors (Lipinski definition) is 2. The highest BCUT2D eigenvalue weighted by Gasteiger charge is 2.51. The largest absolute Gasteiger partial charge is 0.349 e. The van der Waals surface area contributed by atoms with Crippen LogP contribution in [0.25, 0.3) is 0 Å². The van der Waals surface area contributed by atoms with E-state index >= 15 is 0 Å². The number of halogens is 1. The quantitative estimate of drug-likeness (QED) is 0.516. The number of para-hydroxylation sites is 1. The smallest absolute Gasteiger partial charge is 0.241 e. The van der Waals surface area contributed by atoms with Gasteiger partial charge in [-0.2, -0.15) is 0 Å². The van der Waals surface area contributed by atoms with E-state index in [-0.39, 0.29) is 17.8 Å². The molecule has 180 valence electrons. The Hall–Kier alpha value is -3.29. The number of carbonyl (C=O) groups is 1. The molecule has 2 aliphatic heterocycles. The molecule has 3 aromatic rings. The maximum absolute atomic E-state index is 14.1. The number of nitrogens with one attached hydrogen (secondary N) is 2. The number of anilines is 1. The molecule has 1 amide bonds. The van der Waals surface area contributed by atoms with Gasteiger partial charge in [0.05, 0.1) is 17.4 Å². The van der Waals surface area contributed by atoms with Crippen LogP contribution in [-0.2, 0) is 17.8 Å². The summed E-state index contributed by atoms with van der Waals surface area (Å²) in [5.41, 5.74) is 2.20. The van der Waals surface area contributed by atoms with Gasteiger partial charge in [0.15, 0.2) is 5.11 Å². The van der Waals surface area contributed by atoms with E-state index < -0.39 is 5.66 Å². The van der Waals surface area contributed by atoms with E-state index in [2.05, 4.69) is 39.8 Å². The third kappa shape index (κ3) is 5.06. The van der Waals surface area contributed by atoms with Crippen LogP contribution in [0, 0.1) is 5.82 Å². The van der Waals surface area contributed by atoms with Crippen molar-refractivity contribution < 1.29 is 9.18 Å². The van der Waals surface area contributed by atoms with Crippen molar-refractivity contribution in [2.24, 2.45) is 0 Å². The fraction of sp³-hybridized carbons (Fsp3) is 0.286. The zero-order chi connectivity index (χ0) is 24.3. The van der Waals surface area contributed by atoms with Crippen LogP contribution in [0.3, 0.4) is 0 Å². The van der Waals surface area contributed by atoms with Gasteiger partial charge in [-0.05, 0) is 41.9 Å². The van der Waals surface area contributed by atoms with E-state index in [1.165, 1.54) is 6.07 Å². The van der Waals surface area contributed by atoms with Crippen molar-refractivity contribution in [2.45, 2.75) is 37.5 Å². The molecule has 0 unspecified atom stereocenters. The molecule has 2 aliphatic rings. The number of piperidine rings is 1. The van der Waals surface area contributed by atoms with Crippen LogP contribution in [0.5, 0.6) is 0 Å². The third-order valence-electron chi connectivity index (χ3n) is 6.98. The van der Waals surface area contributed by atoms with Gasteiger partial charge in [-0.1, -0.05) is 72.8 Å². The van der Waals surface area contributed by atoms with Crippen molar-refractivity contribution in [2.75, 3.05) is 18.4 Å². The lowest BCUT2D eigenvalue weighted by atomic mass is 9.95. The highest BCUT2D eigenvalue weighted by atomic mass is 32.1. The fourth-order valence-corrected chi connectivity index (χ4v) is 5.39. The average Bonchev–Trinajstić information content (AvgIpc) is 3.12. The van der Waals surface area contributed by atoms with E-state index in [1.54, 1.807) is 18.2 Å².